The molecule has 0 spiro atoms. The van der Waals surface area contributed by atoms with Gasteiger partial charge in [0.2, 0.25) is 0 Å². The number of carboxylic acid groups (broad SMARTS) is 1. The molecule has 24 heavy (non-hydrogen) atoms. The molecule has 7 heteroatoms. The first-order chi connectivity index (χ1) is 11.7. The molecule has 0 bridgehead atoms. The lowest BCUT2D eigenvalue weighted by molar-refractivity contribution is -0.142. The number of rotatable bonds is 10. The Kier molecular flexibility index (Phi) is 6.87. The molecule has 7 nitrogen and oxygen atoms in total. The number of nitrogens with zero attached hydrogens (tertiary/aromatic N) is 3. The molecule has 0 saturated carbocycles. The lowest BCUT2D eigenvalue weighted by Crippen LogP contribution is -2.25. The summed E-state index contributed by atoms with van der Waals surface area (Å²) < 4.78 is 0. The Bertz CT molecular complexity index is 613. The number of aryl methyl sites for hydroxylation is 1. The molecule has 2 aromatic rings. The number of aliphatic hydroxyl groups excluding tert-OH is 1. The smallest absolute Gasteiger partial charge is 0.307 e. The normalized spacial score (nSPS) is 13.6. The minimum absolute atomic E-state index is 0.180. The van der Waals surface area contributed by atoms with E-state index in [1.807, 2.05) is 31.2 Å². The van der Waals surface area contributed by atoms with Crippen LogP contribution in [0.2, 0.25) is 0 Å². The highest BCUT2D eigenvalue weighted by Crippen LogP contribution is 2.29. The average molecular weight is 332 g/mol. The first-order valence-corrected chi connectivity index (χ1v) is 8.30. The number of aliphatic carboxylic acids is 1. The van der Waals surface area contributed by atoms with Crippen LogP contribution in [0.15, 0.2) is 24.3 Å². The van der Waals surface area contributed by atoms with Crippen LogP contribution in [0.4, 0.5) is 0 Å². The molecule has 130 valence electrons. The van der Waals surface area contributed by atoms with Gasteiger partial charge >= 0.3 is 5.97 Å². The molecule has 3 N–H and O–H groups in total. The van der Waals surface area contributed by atoms with Gasteiger partial charge in [0.15, 0.2) is 5.82 Å². The first kappa shape index (κ1) is 18.1. The highest BCUT2D eigenvalue weighted by Gasteiger charge is 2.31. The number of hydrogen-bond donors (Lipinski definition) is 3. The fourth-order valence-electron chi connectivity index (χ4n) is 2.93. The van der Waals surface area contributed by atoms with E-state index in [0.29, 0.717) is 18.7 Å². The number of nitrogens with one attached hydrogen (secondary N) is 1. The van der Waals surface area contributed by atoms with E-state index in [2.05, 4.69) is 20.6 Å². The number of hydrogen-bond acceptors (Lipinski definition) is 5. The minimum atomic E-state index is -0.828. The van der Waals surface area contributed by atoms with E-state index in [1.165, 1.54) is 0 Å². The van der Waals surface area contributed by atoms with E-state index in [-0.39, 0.29) is 12.5 Å². The summed E-state index contributed by atoms with van der Waals surface area (Å²) in [6.07, 6.45) is 3.48. The maximum atomic E-state index is 11.7. The second kappa shape index (κ2) is 9.12. The van der Waals surface area contributed by atoms with E-state index in [0.717, 1.165) is 30.4 Å². The predicted octanol–water partition coefficient (Wildman–Crippen LogP) is 1.95. The van der Waals surface area contributed by atoms with Crippen molar-refractivity contribution in [3.8, 4) is 0 Å². The first-order valence-electron chi connectivity index (χ1n) is 8.30. The summed E-state index contributed by atoms with van der Waals surface area (Å²) in [5.41, 5.74) is 2.20. The quantitative estimate of drug-likeness (QED) is 0.613. The number of tetrazole rings is 1. The summed E-state index contributed by atoms with van der Waals surface area (Å²) >= 11 is 0. The van der Waals surface area contributed by atoms with Crippen LogP contribution in [-0.2, 0) is 17.6 Å². The Balaban J connectivity index is 2.17. The van der Waals surface area contributed by atoms with E-state index in [9.17, 15) is 9.90 Å². The zero-order chi connectivity index (χ0) is 17.4. The molecule has 2 atom stereocenters. The van der Waals surface area contributed by atoms with Crippen molar-refractivity contribution < 1.29 is 15.0 Å². The summed E-state index contributed by atoms with van der Waals surface area (Å²) in [4.78, 5) is 11.7. The van der Waals surface area contributed by atoms with Crippen molar-refractivity contribution in [2.75, 3.05) is 6.61 Å². The topological polar surface area (TPSA) is 112 Å². The third-order valence-corrected chi connectivity index (χ3v) is 4.20. The fraction of sp³-hybridized carbons (Fsp3) is 0.529. The van der Waals surface area contributed by atoms with Gasteiger partial charge in [0, 0.05) is 12.5 Å². The maximum Gasteiger partial charge on any atom is 0.307 e. The lowest BCUT2D eigenvalue weighted by atomic mass is 9.83. The molecule has 0 fully saturated rings. The van der Waals surface area contributed by atoms with Crippen LogP contribution in [0.1, 0.15) is 49.1 Å². The largest absolute Gasteiger partial charge is 0.481 e. The Labute approximate surface area is 141 Å². The van der Waals surface area contributed by atoms with Crippen LogP contribution in [0.5, 0.6) is 0 Å². The standard InChI is InChI=1S/C17H24N4O3/c1-2-4-14(17(23)24)15(16-18-20-21-19-16)11-13-8-6-12(7-9-13)5-3-10-22/h6-9,14-15,22H,2-5,10-11H2,1H3,(H,23,24)(H,18,19,20,21). The average Bonchev–Trinajstić information content (AvgIpc) is 3.11. The monoisotopic (exact) mass is 332 g/mol. The zero-order valence-corrected chi connectivity index (χ0v) is 13.9. The van der Waals surface area contributed by atoms with Gasteiger partial charge in [0.25, 0.3) is 0 Å². The van der Waals surface area contributed by atoms with Crippen LogP contribution in [0, 0.1) is 5.92 Å². The molecule has 2 unspecified atom stereocenters. The summed E-state index contributed by atoms with van der Waals surface area (Å²) in [7, 11) is 0. The van der Waals surface area contributed by atoms with Crippen LogP contribution in [-0.4, -0.2) is 43.4 Å². The number of aromatic amines is 1. The van der Waals surface area contributed by atoms with Gasteiger partial charge in [-0.05, 0) is 36.8 Å². The lowest BCUT2D eigenvalue weighted by Gasteiger charge is -2.21. The molecule has 0 aliphatic rings. The van der Waals surface area contributed by atoms with Gasteiger partial charge in [0.1, 0.15) is 0 Å². The van der Waals surface area contributed by atoms with Gasteiger partial charge in [-0.15, -0.1) is 10.2 Å². The second-order valence-corrected chi connectivity index (χ2v) is 5.96. The molecule has 0 aliphatic heterocycles. The highest BCUT2D eigenvalue weighted by atomic mass is 16.4. The molecule has 1 aromatic carbocycles. The number of aromatic nitrogens is 4. The van der Waals surface area contributed by atoms with Gasteiger partial charge in [0.05, 0.1) is 5.92 Å². The second-order valence-electron chi connectivity index (χ2n) is 5.96. The van der Waals surface area contributed by atoms with Crippen molar-refractivity contribution in [3.63, 3.8) is 0 Å². The number of carbonyl (C=O) groups is 1. The third kappa shape index (κ3) is 4.86. The van der Waals surface area contributed by atoms with Crippen molar-refractivity contribution in [1.82, 2.24) is 20.6 Å². The van der Waals surface area contributed by atoms with Crippen molar-refractivity contribution in [2.24, 2.45) is 5.92 Å². The summed E-state index contributed by atoms with van der Waals surface area (Å²) in [6, 6.07) is 8.05. The van der Waals surface area contributed by atoms with Crippen LogP contribution >= 0.6 is 0 Å². The Morgan fingerprint density at radius 2 is 1.96 bits per heavy atom. The number of aliphatic hydroxyl groups is 1. The van der Waals surface area contributed by atoms with Gasteiger partial charge < -0.3 is 10.2 Å². The van der Waals surface area contributed by atoms with Crippen molar-refractivity contribution in [1.29, 1.82) is 0 Å². The molecule has 0 amide bonds. The van der Waals surface area contributed by atoms with Crippen molar-refractivity contribution in [2.45, 2.75) is 44.9 Å². The van der Waals surface area contributed by atoms with Gasteiger partial charge in [-0.2, -0.15) is 5.21 Å². The summed E-state index contributed by atoms with van der Waals surface area (Å²) in [5.74, 6) is -1.24. The van der Waals surface area contributed by atoms with Gasteiger partial charge in [-0.25, -0.2) is 0 Å². The molecule has 0 radical (unpaired) electrons. The third-order valence-electron chi connectivity index (χ3n) is 4.20. The van der Waals surface area contributed by atoms with E-state index >= 15 is 0 Å². The molecule has 1 aromatic heterocycles. The zero-order valence-electron chi connectivity index (χ0n) is 13.9. The molecule has 0 aliphatic carbocycles. The van der Waals surface area contributed by atoms with E-state index < -0.39 is 11.9 Å². The maximum absolute atomic E-state index is 11.7. The summed E-state index contributed by atoms with van der Waals surface area (Å²) in [5, 5.41) is 32.5. The minimum Gasteiger partial charge on any atom is -0.481 e. The Morgan fingerprint density at radius 1 is 1.25 bits per heavy atom. The highest BCUT2D eigenvalue weighted by molar-refractivity contribution is 5.71. The van der Waals surface area contributed by atoms with Crippen molar-refractivity contribution >= 4 is 5.97 Å². The molecule has 2 rings (SSSR count). The molecule has 0 saturated heterocycles. The fourth-order valence-corrected chi connectivity index (χ4v) is 2.93. The molecular formula is C17H24N4O3. The number of carboxylic acids is 1. The predicted molar refractivity (Wildman–Crippen MR) is 88.5 cm³/mol. The summed E-state index contributed by atoms with van der Waals surface area (Å²) in [6.45, 7) is 2.15. The molecular weight excluding hydrogens is 308 g/mol. The number of benzene rings is 1. The Morgan fingerprint density at radius 3 is 2.50 bits per heavy atom. The van der Waals surface area contributed by atoms with E-state index in [1.54, 1.807) is 0 Å². The van der Waals surface area contributed by atoms with E-state index in [4.69, 9.17) is 5.11 Å². The van der Waals surface area contributed by atoms with Crippen LogP contribution in [0.3, 0.4) is 0 Å². The van der Waals surface area contributed by atoms with Crippen LogP contribution in [0.25, 0.3) is 0 Å². The Hall–Kier alpha value is -2.28. The SMILES string of the molecule is CCCC(C(=O)O)C(Cc1ccc(CCCO)cc1)c1nn[nH]n1. The number of H-pyrrole nitrogens is 1. The van der Waals surface area contributed by atoms with Crippen LogP contribution < -0.4 is 0 Å². The molecule has 1 heterocycles. The van der Waals surface area contributed by atoms with Gasteiger partial charge in [-0.3, -0.25) is 4.79 Å². The van der Waals surface area contributed by atoms with Crippen molar-refractivity contribution in [3.05, 3.63) is 41.2 Å². The van der Waals surface area contributed by atoms with Gasteiger partial charge in [-0.1, -0.05) is 42.8 Å².